The van der Waals surface area contributed by atoms with E-state index in [-0.39, 0.29) is 6.42 Å². The standard InChI is InChI=1S/C12H16O2/c1-9-4-3-5-11(8-9)10(2)6-7-12(13)14/h3-5,8,10H,6-7H2,1-2H3,(H,13,14). The third kappa shape index (κ3) is 3.21. The van der Waals surface area contributed by atoms with E-state index < -0.39 is 5.97 Å². The number of hydrogen-bond acceptors (Lipinski definition) is 1. The van der Waals surface area contributed by atoms with Crippen molar-refractivity contribution < 1.29 is 9.90 Å². The van der Waals surface area contributed by atoms with Gasteiger partial charge in [0.25, 0.3) is 0 Å². The summed E-state index contributed by atoms with van der Waals surface area (Å²) in [7, 11) is 0. The molecule has 76 valence electrons. The third-order valence-corrected chi connectivity index (χ3v) is 2.40. The van der Waals surface area contributed by atoms with Gasteiger partial charge in [0.05, 0.1) is 0 Å². The molecule has 0 fully saturated rings. The van der Waals surface area contributed by atoms with Crippen molar-refractivity contribution in [2.24, 2.45) is 0 Å². The fourth-order valence-corrected chi connectivity index (χ4v) is 1.48. The summed E-state index contributed by atoms with van der Waals surface area (Å²) in [5.41, 5.74) is 2.45. The van der Waals surface area contributed by atoms with Crippen molar-refractivity contribution in [2.45, 2.75) is 32.6 Å². The van der Waals surface area contributed by atoms with E-state index in [2.05, 4.69) is 19.1 Å². The van der Waals surface area contributed by atoms with Gasteiger partial charge in [-0.15, -0.1) is 0 Å². The van der Waals surface area contributed by atoms with E-state index in [1.807, 2.05) is 19.1 Å². The van der Waals surface area contributed by atoms with Gasteiger partial charge in [0.15, 0.2) is 0 Å². The van der Waals surface area contributed by atoms with E-state index in [0.29, 0.717) is 12.3 Å². The molecule has 1 rings (SSSR count). The van der Waals surface area contributed by atoms with Crippen LogP contribution in [0.3, 0.4) is 0 Å². The molecule has 1 N–H and O–H groups in total. The van der Waals surface area contributed by atoms with E-state index >= 15 is 0 Å². The zero-order chi connectivity index (χ0) is 10.6. The highest BCUT2D eigenvalue weighted by molar-refractivity contribution is 5.66. The van der Waals surface area contributed by atoms with Crippen molar-refractivity contribution in [2.75, 3.05) is 0 Å². The predicted molar refractivity (Wildman–Crippen MR) is 56.5 cm³/mol. The molecule has 0 heterocycles. The van der Waals surface area contributed by atoms with Gasteiger partial charge in [-0.1, -0.05) is 36.8 Å². The highest BCUT2D eigenvalue weighted by Crippen LogP contribution is 2.21. The molecule has 1 atom stereocenters. The first kappa shape index (κ1) is 10.8. The SMILES string of the molecule is Cc1cccc(C(C)CCC(=O)O)c1. The van der Waals surface area contributed by atoms with Crippen molar-refractivity contribution >= 4 is 5.97 Å². The molecule has 0 aliphatic heterocycles. The van der Waals surface area contributed by atoms with Crippen LogP contribution in [0.25, 0.3) is 0 Å². The molecule has 0 bridgehead atoms. The minimum atomic E-state index is -0.718. The Morgan fingerprint density at radius 3 is 2.79 bits per heavy atom. The summed E-state index contributed by atoms with van der Waals surface area (Å²) in [6, 6.07) is 8.24. The average Bonchev–Trinajstić information content (AvgIpc) is 2.14. The molecule has 0 spiro atoms. The highest BCUT2D eigenvalue weighted by atomic mass is 16.4. The van der Waals surface area contributed by atoms with E-state index in [0.717, 1.165) is 0 Å². The molecule has 0 saturated carbocycles. The first-order valence-electron chi connectivity index (χ1n) is 4.88. The molecular weight excluding hydrogens is 176 g/mol. The van der Waals surface area contributed by atoms with Gasteiger partial charge in [0, 0.05) is 6.42 Å². The molecule has 14 heavy (non-hydrogen) atoms. The molecule has 0 amide bonds. The van der Waals surface area contributed by atoms with Crippen LogP contribution < -0.4 is 0 Å². The van der Waals surface area contributed by atoms with Crippen LogP contribution in [0.2, 0.25) is 0 Å². The van der Waals surface area contributed by atoms with Crippen LogP contribution in [-0.4, -0.2) is 11.1 Å². The number of hydrogen-bond donors (Lipinski definition) is 1. The van der Waals surface area contributed by atoms with Gasteiger partial charge in [-0.05, 0) is 24.8 Å². The number of carboxylic acids is 1. The first-order chi connectivity index (χ1) is 6.59. The number of rotatable bonds is 4. The molecule has 0 aliphatic rings. The molecule has 2 nitrogen and oxygen atoms in total. The van der Waals surface area contributed by atoms with Gasteiger partial charge in [-0.3, -0.25) is 4.79 Å². The average molecular weight is 192 g/mol. The summed E-state index contributed by atoms with van der Waals surface area (Å²) in [6.45, 7) is 4.12. The summed E-state index contributed by atoms with van der Waals surface area (Å²) < 4.78 is 0. The van der Waals surface area contributed by atoms with E-state index in [1.165, 1.54) is 11.1 Å². The number of aryl methyl sites for hydroxylation is 1. The molecule has 2 heteroatoms. The van der Waals surface area contributed by atoms with Crippen LogP contribution in [0.1, 0.15) is 36.8 Å². The second kappa shape index (κ2) is 4.80. The topological polar surface area (TPSA) is 37.3 Å². The lowest BCUT2D eigenvalue weighted by atomic mass is 9.95. The lowest BCUT2D eigenvalue weighted by molar-refractivity contribution is -0.137. The lowest BCUT2D eigenvalue weighted by Gasteiger charge is -2.10. The minimum Gasteiger partial charge on any atom is -0.481 e. The molecular formula is C12H16O2. The van der Waals surface area contributed by atoms with Crippen molar-refractivity contribution in [1.82, 2.24) is 0 Å². The number of carboxylic acid groups (broad SMARTS) is 1. The largest absolute Gasteiger partial charge is 0.481 e. The number of benzene rings is 1. The van der Waals surface area contributed by atoms with Crippen LogP contribution in [0.5, 0.6) is 0 Å². The Morgan fingerprint density at radius 1 is 1.50 bits per heavy atom. The third-order valence-electron chi connectivity index (χ3n) is 2.40. The van der Waals surface area contributed by atoms with Gasteiger partial charge in [0.2, 0.25) is 0 Å². The fourth-order valence-electron chi connectivity index (χ4n) is 1.48. The van der Waals surface area contributed by atoms with E-state index in [9.17, 15) is 4.79 Å². The molecule has 1 unspecified atom stereocenters. The highest BCUT2D eigenvalue weighted by Gasteiger charge is 2.07. The van der Waals surface area contributed by atoms with E-state index in [1.54, 1.807) is 0 Å². The maximum Gasteiger partial charge on any atom is 0.303 e. The van der Waals surface area contributed by atoms with Crippen molar-refractivity contribution in [3.05, 3.63) is 35.4 Å². The molecule has 0 aliphatic carbocycles. The molecule has 1 aromatic carbocycles. The fraction of sp³-hybridized carbons (Fsp3) is 0.417. The minimum absolute atomic E-state index is 0.245. The summed E-state index contributed by atoms with van der Waals surface area (Å²) in [5.74, 6) is -0.393. The quantitative estimate of drug-likeness (QED) is 0.796. The summed E-state index contributed by atoms with van der Waals surface area (Å²) in [5, 5.41) is 8.56. The Kier molecular flexibility index (Phi) is 3.69. The second-order valence-corrected chi connectivity index (χ2v) is 3.75. The second-order valence-electron chi connectivity index (χ2n) is 3.75. The summed E-state index contributed by atoms with van der Waals surface area (Å²) in [6.07, 6.45) is 0.952. The summed E-state index contributed by atoms with van der Waals surface area (Å²) in [4.78, 5) is 10.4. The van der Waals surface area contributed by atoms with Gasteiger partial charge < -0.3 is 5.11 Å². The van der Waals surface area contributed by atoms with Gasteiger partial charge in [-0.2, -0.15) is 0 Å². The van der Waals surface area contributed by atoms with Gasteiger partial charge >= 0.3 is 5.97 Å². The Bertz CT molecular complexity index is 318. The zero-order valence-electron chi connectivity index (χ0n) is 8.66. The lowest BCUT2D eigenvalue weighted by Crippen LogP contribution is -2.00. The van der Waals surface area contributed by atoms with Gasteiger partial charge in [0.1, 0.15) is 0 Å². The maximum atomic E-state index is 10.4. The Labute approximate surface area is 84.6 Å². The zero-order valence-corrected chi connectivity index (χ0v) is 8.66. The molecule has 0 radical (unpaired) electrons. The molecule has 0 saturated heterocycles. The van der Waals surface area contributed by atoms with Crippen molar-refractivity contribution in [3.63, 3.8) is 0 Å². The van der Waals surface area contributed by atoms with Crippen LogP contribution in [0.15, 0.2) is 24.3 Å². The van der Waals surface area contributed by atoms with E-state index in [4.69, 9.17) is 5.11 Å². The molecule has 0 aromatic heterocycles. The Hall–Kier alpha value is -1.31. The van der Waals surface area contributed by atoms with Crippen molar-refractivity contribution in [3.8, 4) is 0 Å². The van der Waals surface area contributed by atoms with Crippen molar-refractivity contribution in [1.29, 1.82) is 0 Å². The van der Waals surface area contributed by atoms with Crippen LogP contribution in [0, 0.1) is 6.92 Å². The van der Waals surface area contributed by atoms with Crippen LogP contribution in [0.4, 0.5) is 0 Å². The Morgan fingerprint density at radius 2 is 2.21 bits per heavy atom. The normalized spacial score (nSPS) is 12.4. The first-order valence-corrected chi connectivity index (χ1v) is 4.88. The predicted octanol–water partition coefficient (Wildman–Crippen LogP) is 2.96. The maximum absolute atomic E-state index is 10.4. The number of aliphatic carboxylic acids is 1. The molecule has 1 aromatic rings. The number of carbonyl (C=O) groups is 1. The smallest absolute Gasteiger partial charge is 0.303 e. The summed E-state index contributed by atoms with van der Waals surface area (Å²) >= 11 is 0. The Balaban J connectivity index is 2.60. The van der Waals surface area contributed by atoms with Crippen LogP contribution in [-0.2, 0) is 4.79 Å². The monoisotopic (exact) mass is 192 g/mol. The van der Waals surface area contributed by atoms with Crippen LogP contribution >= 0.6 is 0 Å². The van der Waals surface area contributed by atoms with Gasteiger partial charge in [-0.25, -0.2) is 0 Å².